The second kappa shape index (κ2) is 3.56. The number of aromatic nitrogens is 3. The van der Waals surface area contributed by atoms with Gasteiger partial charge in [0.1, 0.15) is 0 Å². The van der Waals surface area contributed by atoms with E-state index in [-0.39, 0.29) is 0 Å². The van der Waals surface area contributed by atoms with Crippen LogP contribution in [-0.2, 0) is 12.8 Å². The van der Waals surface area contributed by atoms with Gasteiger partial charge >= 0.3 is 0 Å². The Bertz CT molecular complexity index is 502. The summed E-state index contributed by atoms with van der Waals surface area (Å²) < 4.78 is 2.94. The van der Waals surface area contributed by atoms with Crippen molar-refractivity contribution in [3.63, 3.8) is 0 Å². The lowest BCUT2D eigenvalue weighted by Crippen LogP contribution is -2.14. The number of nitrogens with zero attached hydrogens (tertiary/aromatic N) is 3. The highest BCUT2D eigenvalue weighted by molar-refractivity contribution is 9.11. The molecule has 1 atom stereocenters. The maximum absolute atomic E-state index is 4.63. The molecule has 0 radical (unpaired) electrons. The Hall–Kier alpha value is -0.420. The molecule has 0 spiro atoms. The highest BCUT2D eigenvalue weighted by atomic mass is 79.9. The molecule has 0 fully saturated rings. The van der Waals surface area contributed by atoms with Crippen LogP contribution in [0.3, 0.4) is 0 Å². The van der Waals surface area contributed by atoms with E-state index in [2.05, 4.69) is 32.9 Å². The van der Waals surface area contributed by atoms with E-state index >= 15 is 0 Å². The SMILES string of the molecule is CCC1CCc2nc3sc(Br)nn3c2C1. The van der Waals surface area contributed by atoms with Crippen molar-refractivity contribution in [3.05, 3.63) is 15.3 Å². The third-order valence-corrected chi connectivity index (χ3v) is 4.54. The smallest absolute Gasteiger partial charge is 0.213 e. The summed E-state index contributed by atoms with van der Waals surface area (Å²) in [6, 6.07) is 0. The van der Waals surface area contributed by atoms with E-state index in [1.807, 2.05) is 4.52 Å². The number of rotatable bonds is 1. The van der Waals surface area contributed by atoms with E-state index in [1.165, 1.54) is 24.2 Å². The molecule has 1 unspecified atom stereocenters. The van der Waals surface area contributed by atoms with Crippen molar-refractivity contribution in [1.82, 2.24) is 14.6 Å². The van der Waals surface area contributed by atoms with Crippen LogP contribution in [0.5, 0.6) is 0 Å². The first-order valence-electron chi connectivity index (χ1n) is 5.30. The summed E-state index contributed by atoms with van der Waals surface area (Å²) >= 11 is 5.02. The molecule has 1 aliphatic rings. The molecule has 0 saturated heterocycles. The summed E-state index contributed by atoms with van der Waals surface area (Å²) in [5.41, 5.74) is 2.61. The molecule has 3 nitrogen and oxygen atoms in total. The van der Waals surface area contributed by atoms with E-state index in [0.717, 1.165) is 27.6 Å². The first kappa shape index (κ1) is 9.78. The van der Waals surface area contributed by atoms with Crippen LogP contribution in [0.4, 0.5) is 0 Å². The number of halogens is 1. The van der Waals surface area contributed by atoms with Crippen molar-refractivity contribution >= 4 is 32.2 Å². The zero-order valence-electron chi connectivity index (χ0n) is 8.53. The molecule has 2 aromatic rings. The highest BCUT2D eigenvalue weighted by Crippen LogP contribution is 2.30. The number of hydrogen-bond acceptors (Lipinski definition) is 3. The van der Waals surface area contributed by atoms with Gasteiger partial charge in [0.05, 0.1) is 11.4 Å². The molecule has 15 heavy (non-hydrogen) atoms. The predicted molar refractivity (Wildman–Crippen MR) is 64.4 cm³/mol. The highest BCUT2D eigenvalue weighted by Gasteiger charge is 2.23. The largest absolute Gasteiger partial charge is 0.222 e. The van der Waals surface area contributed by atoms with Crippen LogP contribution in [0, 0.1) is 5.92 Å². The minimum Gasteiger partial charge on any atom is -0.222 e. The lowest BCUT2D eigenvalue weighted by molar-refractivity contribution is 0.432. The fourth-order valence-electron chi connectivity index (χ4n) is 2.28. The number of imidazole rings is 1. The minimum absolute atomic E-state index is 0.817. The molecule has 0 aromatic carbocycles. The van der Waals surface area contributed by atoms with Crippen molar-refractivity contribution < 1.29 is 0 Å². The van der Waals surface area contributed by atoms with E-state index in [4.69, 9.17) is 0 Å². The lowest BCUT2D eigenvalue weighted by Gasteiger charge is -2.19. The van der Waals surface area contributed by atoms with Crippen LogP contribution in [0.25, 0.3) is 4.96 Å². The molecule has 5 heteroatoms. The zero-order valence-corrected chi connectivity index (χ0v) is 10.9. The Kier molecular flexibility index (Phi) is 2.32. The van der Waals surface area contributed by atoms with Gasteiger partial charge in [-0.25, -0.2) is 9.50 Å². The van der Waals surface area contributed by atoms with Crippen LogP contribution in [-0.4, -0.2) is 14.6 Å². The third kappa shape index (κ3) is 1.52. The van der Waals surface area contributed by atoms with Gasteiger partial charge in [0.2, 0.25) is 4.96 Å². The lowest BCUT2D eigenvalue weighted by atomic mass is 9.88. The van der Waals surface area contributed by atoms with Gasteiger partial charge in [0, 0.05) is 0 Å². The summed E-state index contributed by atoms with van der Waals surface area (Å²) in [7, 11) is 0. The Morgan fingerprint density at radius 1 is 1.60 bits per heavy atom. The van der Waals surface area contributed by atoms with Gasteiger partial charge in [-0.1, -0.05) is 24.7 Å². The van der Waals surface area contributed by atoms with Crippen LogP contribution in [0.2, 0.25) is 0 Å². The third-order valence-electron chi connectivity index (χ3n) is 3.20. The maximum atomic E-state index is 4.63. The summed E-state index contributed by atoms with van der Waals surface area (Å²) in [6.45, 7) is 2.27. The minimum atomic E-state index is 0.817. The maximum Gasteiger partial charge on any atom is 0.213 e. The van der Waals surface area contributed by atoms with Crippen LogP contribution < -0.4 is 0 Å². The zero-order chi connectivity index (χ0) is 10.4. The summed E-state index contributed by atoms with van der Waals surface area (Å²) in [5, 5.41) is 4.44. The molecule has 0 amide bonds. The second-order valence-electron chi connectivity index (χ2n) is 4.07. The van der Waals surface area contributed by atoms with Gasteiger partial charge in [-0.05, 0) is 41.1 Å². The normalized spacial score (nSPS) is 20.8. The molecule has 0 N–H and O–H groups in total. The molecular formula is C10H12BrN3S. The summed E-state index contributed by atoms with van der Waals surface area (Å²) in [4.78, 5) is 5.66. The molecule has 0 saturated carbocycles. The molecule has 0 bridgehead atoms. The van der Waals surface area contributed by atoms with Gasteiger partial charge in [-0.2, -0.15) is 0 Å². The van der Waals surface area contributed by atoms with Crippen molar-refractivity contribution in [2.45, 2.75) is 32.6 Å². The van der Waals surface area contributed by atoms with E-state index in [9.17, 15) is 0 Å². The van der Waals surface area contributed by atoms with Gasteiger partial charge in [-0.15, -0.1) is 5.10 Å². The average Bonchev–Trinajstić information content (AvgIpc) is 2.73. The topological polar surface area (TPSA) is 30.2 Å². The first-order chi connectivity index (χ1) is 7.28. The first-order valence-corrected chi connectivity index (χ1v) is 6.91. The molecule has 1 aliphatic carbocycles. The quantitative estimate of drug-likeness (QED) is 0.806. The Morgan fingerprint density at radius 3 is 3.27 bits per heavy atom. The second-order valence-corrected chi connectivity index (χ2v) is 6.30. The predicted octanol–water partition coefficient (Wildman–Crippen LogP) is 3.07. The summed E-state index contributed by atoms with van der Waals surface area (Å²) in [5.74, 6) is 0.817. The van der Waals surface area contributed by atoms with Gasteiger partial charge < -0.3 is 0 Å². The van der Waals surface area contributed by atoms with Gasteiger partial charge in [-0.3, -0.25) is 0 Å². The van der Waals surface area contributed by atoms with Crippen molar-refractivity contribution in [1.29, 1.82) is 0 Å². The standard InChI is InChI=1S/C10H12BrN3S/c1-2-6-3-4-7-8(5-6)14-10(12-7)15-9(11)13-14/h6H,2-5H2,1H3. The average molecular weight is 286 g/mol. The molecule has 80 valence electrons. The molecule has 0 aliphatic heterocycles. The fourth-order valence-corrected chi connectivity index (χ4v) is 3.54. The van der Waals surface area contributed by atoms with Crippen molar-refractivity contribution in [3.8, 4) is 0 Å². The van der Waals surface area contributed by atoms with Crippen molar-refractivity contribution in [2.75, 3.05) is 0 Å². The van der Waals surface area contributed by atoms with E-state index in [0.29, 0.717) is 0 Å². The number of fused-ring (bicyclic) bond motifs is 3. The molecule has 2 aromatic heterocycles. The van der Waals surface area contributed by atoms with Crippen LogP contribution in [0.1, 0.15) is 31.2 Å². The number of hydrogen-bond donors (Lipinski definition) is 0. The monoisotopic (exact) mass is 285 g/mol. The van der Waals surface area contributed by atoms with Crippen molar-refractivity contribution in [2.24, 2.45) is 5.92 Å². The van der Waals surface area contributed by atoms with E-state index in [1.54, 1.807) is 11.3 Å². The van der Waals surface area contributed by atoms with E-state index < -0.39 is 0 Å². The van der Waals surface area contributed by atoms with Gasteiger partial charge in [0.25, 0.3) is 0 Å². The molecule has 2 heterocycles. The molecular weight excluding hydrogens is 274 g/mol. The van der Waals surface area contributed by atoms with Crippen LogP contribution in [0.15, 0.2) is 3.92 Å². The number of aryl methyl sites for hydroxylation is 1. The van der Waals surface area contributed by atoms with Crippen LogP contribution >= 0.6 is 27.3 Å². The fraction of sp³-hybridized carbons (Fsp3) is 0.600. The summed E-state index contributed by atoms with van der Waals surface area (Å²) in [6.07, 6.45) is 4.82. The Balaban J connectivity index is 2.12. The Labute approximate surface area is 101 Å². The van der Waals surface area contributed by atoms with Gasteiger partial charge in [0.15, 0.2) is 3.92 Å². The molecule has 3 rings (SSSR count). The Morgan fingerprint density at radius 2 is 2.47 bits per heavy atom.